The summed E-state index contributed by atoms with van der Waals surface area (Å²) in [6, 6.07) is 10.1. The predicted molar refractivity (Wildman–Crippen MR) is 110 cm³/mol. The number of hydrogen-bond donors (Lipinski definition) is 4. The van der Waals surface area contributed by atoms with Crippen LogP contribution in [-0.2, 0) is 4.74 Å². The minimum atomic E-state index is -0.619. The van der Waals surface area contributed by atoms with Crippen molar-refractivity contribution in [3.63, 3.8) is 0 Å². The third-order valence-electron chi connectivity index (χ3n) is 4.40. The summed E-state index contributed by atoms with van der Waals surface area (Å²) in [4.78, 5) is 5.32. The maximum atomic E-state index is 10.5. The fourth-order valence-corrected chi connectivity index (χ4v) is 3.76. The van der Waals surface area contributed by atoms with Crippen LogP contribution in [0.3, 0.4) is 0 Å². The van der Waals surface area contributed by atoms with E-state index in [0.29, 0.717) is 31.6 Å². The first-order valence-electron chi connectivity index (χ1n) is 9.60. The fraction of sp³-hybridized carbons (Fsp3) is 0.550. The van der Waals surface area contributed by atoms with Crippen molar-refractivity contribution in [3.8, 4) is 0 Å². The molecule has 2 unspecified atom stereocenters. The monoisotopic (exact) mass is 391 g/mol. The Morgan fingerprint density at radius 1 is 1.30 bits per heavy atom. The van der Waals surface area contributed by atoms with E-state index in [1.165, 1.54) is 17.5 Å². The molecular weight excluding hydrogens is 362 g/mol. The number of thiophene rings is 1. The highest BCUT2D eigenvalue weighted by molar-refractivity contribution is 7.19. The number of fused-ring (bicyclic) bond motifs is 1. The van der Waals surface area contributed by atoms with E-state index in [-0.39, 0.29) is 6.54 Å². The van der Waals surface area contributed by atoms with Crippen LogP contribution in [-0.4, -0.2) is 55.1 Å². The van der Waals surface area contributed by atoms with E-state index in [1.54, 1.807) is 11.3 Å². The van der Waals surface area contributed by atoms with E-state index in [2.05, 4.69) is 21.7 Å². The number of rotatable bonds is 10. The molecule has 148 valence electrons. The number of aliphatic hydroxyl groups excluding tert-OH is 2. The van der Waals surface area contributed by atoms with Gasteiger partial charge >= 0.3 is 0 Å². The van der Waals surface area contributed by atoms with Gasteiger partial charge in [0.25, 0.3) is 0 Å². The molecule has 1 aliphatic carbocycles. The highest BCUT2D eigenvalue weighted by Crippen LogP contribution is 2.29. The summed E-state index contributed by atoms with van der Waals surface area (Å²) >= 11 is 1.60. The van der Waals surface area contributed by atoms with Gasteiger partial charge in [-0.3, -0.25) is 4.99 Å². The van der Waals surface area contributed by atoms with Crippen LogP contribution in [0.15, 0.2) is 35.3 Å². The third-order valence-corrected chi connectivity index (χ3v) is 5.62. The number of ether oxygens (including phenoxy) is 1. The molecular formula is C20H29N3O3S. The summed E-state index contributed by atoms with van der Waals surface area (Å²) in [6.45, 7) is 4.35. The summed E-state index contributed by atoms with van der Waals surface area (Å²) < 4.78 is 6.67. The van der Waals surface area contributed by atoms with Crippen LogP contribution in [0.5, 0.6) is 0 Å². The lowest BCUT2D eigenvalue weighted by atomic mass is 10.2. The third kappa shape index (κ3) is 6.46. The van der Waals surface area contributed by atoms with E-state index in [4.69, 9.17) is 4.74 Å². The molecule has 1 aromatic heterocycles. The molecule has 4 N–H and O–H groups in total. The average molecular weight is 392 g/mol. The van der Waals surface area contributed by atoms with Gasteiger partial charge in [0.05, 0.1) is 19.3 Å². The molecule has 0 radical (unpaired) electrons. The van der Waals surface area contributed by atoms with Gasteiger partial charge in [0.1, 0.15) is 6.10 Å². The van der Waals surface area contributed by atoms with Crippen molar-refractivity contribution in [2.45, 2.75) is 32.0 Å². The van der Waals surface area contributed by atoms with Gasteiger partial charge in [-0.1, -0.05) is 18.2 Å². The van der Waals surface area contributed by atoms with E-state index >= 15 is 0 Å². The second-order valence-electron chi connectivity index (χ2n) is 6.94. The Kier molecular flexibility index (Phi) is 7.46. The molecule has 1 aromatic carbocycles. The second kappa shape index (κ2) is 10.0. The highest BCUT2D eigenvalue weighted by Gasteiger charge is 2.21. The molecule has 1 fully saturated rings. The smallest absolute Gasteiger partial charge is 0.191 e. The molecule has 0 spiro atoms. The zero-order valence-corrected chi connectivity index (χ0v) is 16.5. The largest absolute Gasteiger partial charge is 0.389 e. The molecule has 3 rings (SSSR count). The molecule has 27 heavy (non-hydrogen) atoms. The number of nitrogens with one attached hydrogen (secondary N) is 2. The lowest BCUT2D eigenvalue weighted by molar-refractivity contribution is 0.0368. The highest BCUT2D eigenvalue weighted by atomic mass is 32.1. The van der Waals surface area contributed by atoms with E-state index in [9.17, 15) is 10.2 Å². The second-order valence-corrected chi connectivity index (χ2v) is 8.05. The lowest BCUT2D eigenvalue weighted by Crippen LogP contribution is -2.40. The van der Waals surface area contributed by atoms with Crippen molar-refractivity contribution >= 4 is 27.4 Å². The maximum absolute atomic E-state index is 10.5. The maximum Gasteiger partial charge on any atom is 0.191 e. The van der Waals surface area contributed by atoms with E-state index < -0.39 is 12.2 Å². The fourth-order valence-electron chi connectivity index (χ4n) is 2.71. The summed E-state index contributed by atoms with van der Waals surface area (Å²) in [5, 5.41) is 27.9. The zero-order chi connectivity index (χ0) is 19.1. The van der Waals surface area contributed by atoms with Crippen molar-refractivity contribution in [1.82, 2.24) is 10.6 Å². The topological polar surface area (TPSA) is 86.1 Å². The van der Waals surface area contributed by atoms with Crippen molar-refractivity contribution in [3.05, 3.63) is 35.2 Å². The first-order chi connectivity index (χ1) is 13.2. The van der Waals surface area contributed by atoms with E-state index in [0.717, 1.165) is 16.9 Å². The molecule has 0 aliphatic heterocycles. The SMILES string of the molecule is CCNC(=NCC(O)COCC1CC1)NCC(O)c1cc2ccccc2s1. The Bertz CT molecular complexity index is 712. The first-order valence-corrected chi connectivity index (χ1v) is 10.4. The van der Waals surface area contributed by atoms with Crippen molar-refractivity contribution in [1.29, 1.82) is 0 Å². The number of aliphatic hydroxyl groups is 2. The Morgan fingerprint density at radius 3 is 2.85 bits per heavy atom. The number of guanidine groups is 1. The minimum absolute atomic E-state index is 0.263. The van der Waals surface area contributed by atoms with Gasteiger partial charge < -0.3 is 25.6 Å². The molecule has 0 amide bonds. The molecule has 1 saturated carbocycles. The number of nitrogens with zero attached hydrogens (tertiary/aromatic N) is 1. The standard InChI is InChI=1S/C20H29N3O3S/c1-2-21-20(22-10-16(24)13-26-12-14-7-8-14)23-11-17(25)19-9-15-5-3-4-6-18(15)27-19/h3-6,9,14,16-17,24-25H,2,7-8,10-13H2,1H3,(H2,21,22,23). The molecule has 1 aliphatic rings. The summed E-state index contributed by atoms with van der Waals surface area (Å²) in [5.74, 6) is 1.27. The van der Waals surface area contributed by atoms with Gasteiger partial charge in [0, 0.05) is 29.3 Å². The predicted octanol–water partition coefficient (Wildman–Crippen LogP) is 2.28. The Labute approximate surface area is 164 Å². The molecule has 0 bridgehead atoms. The quantitative estimate of drug-likeness (QED) is 0.369. The lowest BCUT2D eigenvalue weighted by Gasteiger charge is -2.15. The van der Waals surface area contributed by atoms with Gasteiger partial charge in [0.2, 0.25) is 0 Å². The van der Waals surface area contributed by atoms with Crippen LogP contribution in [0.2, 0.25) is 0 Å². The molecule has 2 aromatic rings. The van der Waals surface area contributed by atoms with E-state index in [1.807, 2.05) is 31.2 Å². The van der Waals surface area contributed by atoms with Crippen LogP contribution in [0.25, 0.3) is 10.1 Å². The van der Waals surface area contributed by atoms with Crippen LogP contribution in [0.4, 0.5) is 0 Å². The number of benzene rings is 1. The molecule has 6 nitrogen and oxygen atoms in total. The normalized spacial score (nSPS) is 17.1. The van der Waals surface area contributed by atoms with Crippen molar-refractivity contribution in [2.75, 3.05) is 32.8 Å². The Balaban J connectivity index is 1.47. The molecule has 0 saturated heterocycles. The van der Waals surface area contributed by atoms with Gasteiger partial charge in [-0.25, -0.2) is 0 Å². The minimum Gasteiger partial charge on any atom is -0.389 e. The Morgan fingerprint density at radius 2 is 2.11 bits per heavy atom. The van der Waals surface area contributed by atoms with Crippen molar-refractivity contribution < 1.29 is 14.9 Å². The Hall–Kier alpha value is -1.67. The first kappa shape index (κ1) is 20.1. The van der Waals surface area contributed by atoms with Crippen LogP contribution in [0, 0.1) is 5.92 Å². The number of aliphatic imine (C=N–C) groups is 1. The van der Waals surface area contributed by atoms with Crippen molar-refractivity contribution in [2.24, 2.45) is 10.9 Å². The van der Waals surface area contributed by atoms with Gasteiger partial charge in [-0.2, -0.15) is 0 Å². The zero-order valence-electron chi connectivity index (χ0n) is 15.7. The van der Waals surface area contributed by atoms with Crippen LogP contribution in [0.1, 0.15) is 30.7 Å². The van der Waals surface area contributed by atoms with Crippen LogP contribution >= 0.6 is 11.3 Å². The summed E-state index contributed by atoms with van der Waals surface area (Å²) in [5.41, 5.74) is 0. The summed E-state index contributed by atoms with van der Waals surface area (Å²) in [7, 11) is 0. The van der Waals surface area contributed by atoms with Gasteiger partial charge in [-0.15, -0.1) is 11.3 Å². The molecule has 7 heteroatoms. The van der Waals surface area contributed by atoms with Gasteiger partial charge in [0.15, 0.2) is 5.96 Å². The summed E-state index contributed by atoms with van der Waals surface area (Å²) in [6.07, 6.45) is 1.25. The average Bonchev–Trinajstić information content (AvgIpc) is 3.39. The molecule has 2 atom stereocenters. The van der Waals surface area contributed by atoms with Gasteiger partial charge in [-0.05, 0) is 43.2 Å². The number of hydrogen-bond acceptors (Lipinski definition) is 5. The van der Waals surface area contributed by atoms with Crippen LogP contribution < -0.4 is 10.6 Å². The molecule has 1 heterocycles.